The van der Waals surface area contributed by atoms with Gasteiger partial charge in [0, 0.05) is 34.8 Å². The van der Waals surface area contributed by atoms with E-state index in [0.29, 0.717) is 54.2 Å². The molecular weight excluding hydrogens is 572 g/mol. The minimum atomic E-state index is -0.575. The van der Waals surface area contributed by atoms with E-state index in [1.807, 2.05) is 48.7 Å². The van der Waals surface area contributed by atoms with Crippen molar-refractivity contribution < 1.29 is 24.5 Å². The minimum Gasteiger partial charge on any atom is -0.504 e. The lowest BCUT2D eigenvalue weighted by Crippen LogP contribution is -2.25. The molecule has 1 aliphatic heterocycles. The number of fused-ring (bicyclic) bond motifs is 3. The van der Waals surface area contributed by atoms with E-state index >= 15 is 0 Å². The van der Waals surface area contributed by atoms with Crippen LogP contribution in [0, 0.1) is 6.92 Å². The Bertz CT molecular complexity index is 1680. The first-order chi connectivity index (χ1) is 20.7. The predicted octanol–water partition coefficient (Wildman–Crippen LogP) is 4.26. The third-order valence-corrected chi connectivity index (χ3v) is 7.13. The van der Waals surface area contributed by atoms with Gasteiger partial charge in [0.2, 0.25) is 5.91 Å². The molecule has 0 fully saturated rings. The first-order valence-corrected chi connectivity index (χ1v) is 14.2. The van der Waals surface area contributed by atoms with Gasteiger partial charge in [-0.15, -0.1) is 10.2 Å². The molecule has 1 aliphatic rings. The molecule has 4 N–H and O–H groups in total. The van der Waals surface area contributed by atoms with Crippen LogP contribution in [0.25, 0.3) is 5.69 Å². The lowest BCUT2D eigenvalue weighted by atomic mass is 10.00. The van der Waals surface area contributed by atoms with Gasteiger partial charge in [-0.25, -0.2) is 0 Å². The smallest absolute Gasteiger partial charge is 0.251 e. The van der Waals surface area contributed by atoms with Crippen LogP contribution in [0.5, 0.6) is 17.2 Å². The summed E-state index contributed by atoms with van der Waals surface area (Å²) in [6.07, 6.45) is 0.629. The molecule has 4 aromatic rings. The number of nitrogens with one attached hydrogen (secondary N) is 2. The Morgan fingerprint density at radius 2 is 1.79 bits per heavy atom. The molecule has 12 heteroatoms. The van der Waals surface area contributed by atoms with Crippen molar-refractivity contribution in [2.75, 3.05) is 19.7 Å². The van der Waals surface area contributed by atoms with E-state index < -0.39 is 6.04 Å². The number of halogens is 1. The van der Waals surface area contributed by atoms with Crippen LogP contribution < -0.4 is 15.4 Å². The van der Waals surface area contributed by atoms with Crippen molar-refractivity contribution in [1.29, 1.82) is 0 Å². The zero-order valence-electron chi connectivity index (χ0n) is 23.7. The van der Waals surface area contributed by atoms with Crippen molar-refractivity contribution >= 4 is 29.1 Å². The number of nitrogens with zero attached hydrogens (tertiary/aromatic N) is 4. The zero-order valence-corrected chi connectivity index (χ0v) is 24.4. The van der Waals surface area contributed by atoms with Gasteiger partial charge in [0.1, 0.15) is 17.6 Å². The molecule has 0 radical (unpaired) electrons. The van der Waals surface area contributed by atoms with E-state index in [-0.39, 0.29) is 35.3 Å². The maximum atomic E-state index is 12.7. The van der Waals surface area contributed by atoms with Gasteiger partial charge in [0.05, 0.1) is 24.4 Å². The zero-order chi connectivity index (χ0) is 30.5. The number of phenols is 2. The van der Waals surface area contributed by atoms with Crippen LogP contribution in [0.4, 0.5) is 0 Å². The van der Waals surface area contributed by atoms with Gasteiger partial charge in [-0.05, 0) is 68.8 Å². The van der Waals surface area contributed by atoms with Crippen molar-refractivity contribution in [1.82, 2.24) is 25.4 Å². The second-order valence-electron chi connectivity index (χ2n) is 9.94. The van der Waals surface area contributed by atoms with Gasteiger partial charge in [0.15, 0.2) is 17.3 Å². The Kier molecular flexibility index (Phi) is 8.91. The molecule has 0 saturated carbocycles. The van der Waals surface area contributed by atoms with Gasteiger partial charge in [-0.2, -0.15) is 0 Å². The molecule has 222 valence electrons. The number of hydrogen-bond donors (Lipinski definition) is 4. The number of aliphatic imine (C=N–C) groups is 1. The summed E-state index contributed by atoms with van der Waals surface area (Å²) < 4.78 is 7.98. The van der Waals surface area contributed by atoms with E-state index in [1.54, 1.807) is 12.1 Å². The van der Waals surface area contributed by atoms with Crippen molar-refractivity contribution in [3.8, 4) is 22.9 Å². The molecule has 2 heterocycles. The summed E-state index contributed by atoms with van der Waals surface area (Å²) >= 11 is 6.18. The van der Waals surface area contributed by atoms with Crippen LogP contribution in [0.15, 0.2) is 65.7 Å². The molecule has 1 aromatic heterocycles. The SMILES string of the molecule is CCNC(=O)C[C@@H]1N=C(c2ccc(Cl)cc2)c2cc(OCCCNC(=O)c3ccc(O)c(O)c3)ccc2-n2c(C)nnc21. The molecule has 11 nitrogen and oxygen atoms in total. The van der Waals surface area contributed by atoms with Crippen molar-refractivity contribution in [2.24, 2.45) is 4.99 Å². The van der Waals surface area contributed by atoms with Crippen molar-refractivity contribution in [3.05, 3.63) is 94.0 Å². The summed E-state index contributed by atoms with van der Waals surface area (Å²) in [5.41, 5.74) is 3.32. The molecule has 1 atom stereocenters. The Hall–Kier alpha value is -4.90. The van der Waals surface area contributed by atoms with Crippen LogP contribution in [0.1, 0.15) is 58.9 Å². The Labute approximate surface area is 253 Å². The Morgan fingerprint density at radius 1 is 1.00 bits per heavy atom. The van der Waals surface area contributed by atoms with Gasteiger partial charge in [-0.1, -0.05) is 23.7 Å². The Morgan fingerprint density at radius 3 is 2.53 bits per heavy atom. The summed E-state index contributed by atoms with van der Waals surface area (Å²) in [5.74, 6) is 0.684. The molecular formula is C31H31ClN6O5. The predicted molar refractivity (Wildman–Crippen MR) is 161 cm³/mol. The van der Waals surface area contributed by atoms with Crippen LogP contribution in [-0.4, -0.2) is 62.2 Å². The minimum absolute atomic E-state index is 0.107. The molecule has 43 heavy (non-hydrogen) atoms. The quantitative estimate of drug-likeness (QED) is 0.156. The first-order valence-electron chi connectivity index (χ1n) is 13.8. The van der Waals surface area contributed by atoms with Gasteiger partial charge in [0.25, 0.3) is 5.91 Å². The summed E-state index contributed by atoms with van der Waals surface area (Å²) in [7, 11) is 0. The number of hydrogen-bond acceptors (Lipinski definition) is 8. The topological polar surface area (TPSA) is 151 Å². The van der Waals surface area contributed by atoms with E-state index in [4.69, 9.17) is 21.3 Å². The Balaban J connectivity index is 1.38. The second kappa shape index (κ2) is 13.0. The summed E-state index contributed by atoms with van der Waals surface area (Å²) in [4.78, 5) is 30.1. The van der Waals surface area contributed by atoms with Crippen LogP contribution >= 0.6 is 11.6 Å². The monoisotopic (exact) mass is 602 g/mol. The van der Waals surface area contributed by atoms with Gasteiger partial charge >= 0.3 is 0 Å². The van der Waals surface area contributed by atoms with E-state index in [0.717, 1.165) is 16.8 Å². The number of ether oxygens (including phenoxy) is 1. The highest BCUT2D eigenvalue weighted by Gasteiger charge is 2.30. The molecule has 5 rings (SSSR count). The average molecular weight is 603 g/mol. The molecule has 2 amide bonds. The lowest BCUT2D eigenvalue weighted by molar-refractivity contribution is -0.121. The summed E-state index contributed by atoms with van der Waals surface area (Å²) in [6, 6.07) is 16.4. The van der Waals surface area contributed by atoms with Crippen LogP contribution in [-0.2, 0) is 4.79 Å². The fraction of sp³-hybridized carbons (Fsp3) is 0.258. The van der Waals surface area contributed by atoms with Crippen LogP contribution in [0.2, 0.25) is 5.02 Å². The fourth-order valence-corrected chi connectivity index (χ4v) is 4.94. The number of phenolic OH excluding ortho intramolecular Hbond substituents is 2. The number of aromatic hydroxyl groups is 2. The number of carbonyl (C=O) groups excluding carboxylic acids is 2. The highest BCUT2D eigenvalue weighted by atomic mass is 35.5. The van der Waals surface area contributed by atoms with E-state index in [2.05, 4.69) is 20.8 Å². The number of benzene rings is 3. The highest BCUT2D eigenvalue weighted by Crippen LogP contribution is 2.34. The number of carbonyl (C=O) groups is 2. The van der Waals surface area contributed by atoms with Gasteiger partial charge < -0.3 is 25.6 Å². The summed E-state index contributed by atoms with van der Waals surface area (Å²) in [6.45, 7) is 4.90. The maximum absolute atomic E-state index is 12.7. The fourth-order valence-electron chi connectivity index (χ4n) is 4.82. The molecule has 0 saturated heterocycles. The normalized spacial score (nSPS) is 13.7. The number of rotatable bonds is 10. The number of aromatic nitrogens is 3. The average Bonchev–Trinajstić information content (AvgIpc) is 3.31. The summed E-state index contributed by atoms with van der Waals surface area (Å²) in [5, 5.41) is 34.0. The van der Waals surface area contributed by atoms with E-state index in [1.165, 1.54) is 18.2 Å². The highest BCUT2D eigenvalue weighted by molar-refractivity contribution is 6.30. The molecule has 0 unspecified atom stereocenters. The van der Waals surface area contributed by atoms with E-state index in [9.17, 15) is 19.8 Å². The molecule has 0 spiro atoms. The number of aryl methyl sites for hydroxylation is 1. The second-order valence-corrected chi connectivity index (χ2v) is 10.4. The third kappa shape index (κ3) is 6.62. The first kappa shape index (κ1) is 29.6. The molecule has 0 aliphatic carbocycles. The van der Waals surface area contributed by atoms with Crippen molar-refractivity contribution in [3.63, 3.8) is 0 Å². The molecule has 3 aromatic carbocycles. The standard InChI is InChI=1S/C31H31ClN6O5/c1-3-33-28(41)17-24-30-37-36-18(2)38(30)25-11-10-22(16-23(25)29(35-24)19-5-8-21(32)9-6-19)43-14-4-13-34-31(42)20-7-12-26(39)27(40)15-20/h5-12,15-16,24,39-40H,3-4,13-14,17H2,1-2H3,(H,33,41)(H,34,42)/t24-/m0/s1. The van der Waals surface area contributed by atoms with Crippen LogP contribution in [0.3, 0.4) is 0 Å². The van der Waals surface area contributed by atoms with Crippen molar-refractivity contribution in [2.45, 2.75) is 32.7 Å². The van der Waals surface area contributed by atoms with Gasteiger partial charge in [-0.3, -0.25) is 19.1 Å². The lowest BCUT2D eigenvalue weighted by Gasteiger charge is -2.15. The maximum Gasteiger partial charge on any atom is 0.251 e. The number of amides is 2. The largest absolute Gasteiger partial charge is 0.504 e. The third-order valence-electron chi connectivity index (χ3n) is 6.88. The molecule has 0 bridgehead atoms.